The lowest BCUT2D eigenvalue weighted by Crippen LogP contribution is -2.50. The summed E-state index contributed by atoms with van der Waals surface area (Å²) >= 11 is 0. The zero-order valence-electron chi connectivity index (χ0n) is 16.9. The lowest BCUT2D eigenvalue weighted by Gasteiger charge is -2.35. The minimum Gasteiger partial charge on any atom is -0.342 e. The molecule has 30 heavy (non-hydrogen) atoms. The molecule has 3 heterocycles. The molecule has 160 valence electrons. The number of carbonyl (C=O) groups excluding carboxylic acids is 1. The van der Waals surface area contributed by atoms with Crippen molar-refractivity contribution in [3.8, 4) is 11.4 Å². The molecular weight excluding hydrogens is 388 g/mol. The molecule has 1 aromatic heterocycles. The smallest absolute Gasteiger partial charge is 0.270 e. The van der Waals surface area contributed by atoms with Crippen molar-refractivity contribution in [2.45, 2.75) is 25.8 Å². The molecule has 1 aromatic carbocycles. The number of benzene rings is 1. The van der Waals surface area contributed by atoms with E-state index in [4.69, 9.17) is 4.52 Å². The fourth-order valence-electron chi connectivity index (χ4n) is 3.93. The third-order valence-electron chi connectivity index (χ3n) is 5.67. The van der Waals surface area contributed by atoms with Gasteiger partial charge in [0, 0.05) is 57.0 Å². The van der Waals surface area contributed by atoms with Crippen molar-refractivity contribution in [3.05, 3.63) is 40.3 Å². The highest BCUT2D eigenvalue weighted by Crippen LogP contribution is 2.22. The SMILES string of the molecule is O=C(CN1CCN(Cc2nc(-c3cccc([N+](=O)[O-])c3)no2)CC1)N1CCCCC1. The molecule has 1 amide bonds. The zero-order valence-corrected chi connectivity index (χ0v) is 16.9. The number of non-ortho nitro benzene ring substituents is 1. The van der Waals surface area contributed by atoms with E-state index in [0.717, 1.165) is 52.1 Å². The van der Waals surface area contributed by atoms with Crippen LogP contribution in [0.1, 0.15) is 25.2 Å². The standard InChI is InChI=1S/C20H26N6O4/c27-19(25-7-2-1-3-8-25)15-24-11-9-23(10-12-24)14-18-21-20(22-30-18)16-5-4-6-17(13-16)26(28)29/h4-6,13H,1-3,7-12,14-15H2. The number of rotatable bonds is 6. The molecule has 4 rings (SSSR count). The number of nitro groups is 1. The first-order valence-corrected chi connectivity index (χ1v) is 10.4. The van der Waals surface area contributed by atoms with Gasteiger partial charge in [-0.25, -0.2) is 0 Å². The third kappa shape index (κ3) is 5.00. The first-order chi connectivity index (χ1) is 14.6. The van der Waals surface area contributed by atoms with Gasteiger partial charge in [-0.3, -0.25) is 24.7 Å². The summed E-state index contributed by atoms with van der Waals surface area (Å²) in [5, 5.41) is 14.9. The van der Waals surface area contributed by atoms with Gasteiger partial charge in [0.05, 0.1) is 18.0 Å². The molecule has 10 heteroatoms. The summed E-state index contributed by atoms with van der Waals surface area (Å²) in [7, 11) is 0. The molecule has 2 saturated heterocycles. The van der Waals surface area contributed by atoms with Gasteiger partial charge in [-0.1, -0.05) is 17.3 Å². The zero-order chi connectivity index (χ0) is 20.9. The van der Waals surface area contributed by atoms with E-state index < -0.39 is 4.92 Å². The van der Waals surface area contributed by atoms with Crippen LogP contribution in [-0.2, 0) is 11.3 Å². The Balaban J connectivity index is 1.27. The number of amides is 1. The number of hydrogen-bond donors (Lipinski definition) is 0. The Morgan fingerprint density at radius 3 is 2.53 bits per heavy atom. The van der Waals surface area contributed by atoms with Crippen LogP contribution in [0.25, 0.3) is 11.4 Å². The van der Waals surface area contributed by atoms with Gasteiger partial charge in [0.15, 0.2) is 0 Å². The van der Waals surface area contributed by atoms with Crippen LogP contribution in [0.2, 0.25) is 0 Å². The van der Waals surface area contributed by atoms with E-state index in [2.05, 4.69) is 19.9 Å². The monoisotopic (exact) mass is 414 g/mol. The van der Waals surface area contributed by atoms with Crippen molar-refractivity contribution in [2.24, 2.45) is 0 Å². The van der Waals surface area contributed by atoms with Crippen molar-refractivity contribution in [1.82, 2.24) is 24.8 Å². The van der Waals surface area contributed by atoms with Crippen LogP contribution in [0.5, 0.6) is 0 Å². The second-order valence-electron chi connectivity index (χ2n) is 7.81. The summed E-state index contributed by atoms with van der Waals surface area (Å²) in [4.78, 5) is 33.7. The maximum Gasteiger partial charge on any atom is 0.270 e. The average Bonchev–Trinajstić information content (AvgIpc) is 3.24. The fraction of sp³-hybridized carbons (Fsp3) is 0.550. The van der Waals surface area contributed by atoms with Crippen LogP contribution in [-0.4, -0.2) is 81.5 Å². The van der Waals surface area contributed by atoms with Crippen molar-refractivity contribution >= 4 is 11.6 Å². The van der Waals surface area contributed by atoms with Gasteiger partial charge in [-0.15, -0.1) is 0 Å². The van der Waals surface area contributed by atoms with Crippen LogP contribution in [0.15, 0.2) is 28.8 Å². The van der Waals surface area contributed by atoms with E-state index >= 15 is 0 Å². The van der Waals surface area contributed by atoms with Crippen LogP contribution in [0.4, 0.5) is 5.69 Å². The third-order valence-corrected chi connectivity index (χ3v) is 5.67. The summed E-state index contributed by atoms with van der Waals surface area (Å²) in [5.41, 5.74) is 0.550. The molecule has 2 aliphatic rings. The lowest BCUT2D eigenvalue weighted by molar-refractivity contribution is -0.384. The molecule has 0 aliphatic carbocycles. The van der Waals surface area contributed by atoms with Gasteiger partial charge in [-0.2, -0.15) is 4.98 Å². The Hall–Kier alpha value is -2.85. The van der Waals surface area contributed by atoms with Gasteiger partial charge in [0.25, 0.3) is 5.69 Å². The average molecular weight is 414 g/mol. The molecule has 0 spiro atoms. The van der Waals surface area contributed by atoms with Gasteiger partial charge in [0.2, 0.25) is 17.6 Å². The number of carbonyl (C=O) groups is 1. The fourth-order valence-corrected chi connectivity index (χ4v) is 3.93. The van der Waals surface area contributed by atoms with E-state index in [9.17, 15) is 14.9 Å². The molecule has 0 bridgehead atoms. The molecule has 2 aliphatic heterocycles. The molecular formula is C20H26N6O4. The summed E-state index contributed by atoms with van der Waals surface area (Å²) in [6, 6.07) is 6.19. The molecule has 0 unspecified atom stereocenters. The van der Waals surface area contributed by atoms with Crippen LogP contribution in [0.3, 0.4) is 0 Å². The highest BCUT2D eigenvalue weighted by Gasteiger charge is 2.24. The van der Waals surface area contributed by atoms with Crippen molar-refractivity contribution in [1.29, 1.82) is 0 Å². The van der Waals surface area contributed by atoms with E-state index in [1.807, 2.05) is 4.90 Å². The minimum absolute atomic E-state index is 0.00549. The molecule has 0 atom stereocenters. The molecule has 2 fully saturated rings. The summed E-state index contributed by atoms with van der Waals surface area (Å²) < 4.78 is 5.35. The predicted molar refractivity (Wildman–Crippen MR) is 109 cm³/mol. The number of piperidine rings is 1. The topological polar surface area (TPSA) is 109 Å². The maximum absolute atomic E-state index is 12.4. The Kier molecular flexibility index (Phi) is 6.34. The molecule has 0 saturated carbocycles. The number of piperazine rings is 1. The number of likely N-dealkylation sites (tertiary alicyclic amines) is 1. The Labute approximate surface area is 174 Å². The minimum atomic E-state index is -0.444. The van der Waals surface area contributed by atoms with E-state index in [0.29, 0.717) is 30.4 Å². The van der Waals surface area contributed by atoms with Crippen molar-refractivity contribution < 1.29 is 14.2 Å². The number of hydrogen-bond acceptors (Lipinski definition) is 8. The van der Waals surface area contributed by atoms with Gasteiger partial charge in [-0.05, 0) is 19.3 Å². The second kappa shape index (κ2) is 9.31. The van der Waals surface area contributed by atoms with Crippen molar-refractivity contribution in [3.63, 3.8) is 0 Å². The van der Waals surface area contributed by atoms with Gasteiger partial charge < -0.3 is 9.42 Å². The quantitative estimate of drug-likeness (QED) is 0.520. The first-order valence-electron chi connectivity index (χ1n) is 10.4. The van der Waals surface area contributed by atoms with E-state index in [1.165, 1.54) is 18.6 Å². The number of nitro benzene ring substituents is 1. The first kappa shape index (κ1) is 20.4. The molecule has 2 aromatic rings. The lowest BCUT2D eigenvalue weighted by atomic mass is 10.1. The van der Waals surface area contributed by atoms with Gasteiger partial charge >= 0.3 is 0 Å². The Morgan fingerprint density at radius 2 is 1.80 bits per heavy atom. The predicted octanol–water partition coefficient (Wildman–Crippen LogP) is 1.77. The van der Waals surface area contributed by atoms with Crippen molar-refractivity contribution in [2.75, 3.05) is 45.8 Å². The molecule has 0 N–H and O–H groups in total. The van der Waals surface area contributed by atoms with Gasteiger partial charge in [0.1, 0.15) is 0 Å². The van der Waals surface area contributed by atoms with Crippen LogP contribution in [0, 0.1) is 10.1 Å². The molecule has 0 radical (unpaired) electrons. The summed E-state index contributed by atoms with van der Waals surface area (Å²) in [6.45, 7) is 6.09. The number of aromatic nitrogens is 2. The van der Waals surface area contributed by atoms with Crippen LogP contribution >= 0.6 is 0 Å². The Morgan fingerprint density at radius 1 is 1.07 bits per heavy atom. The number of nitrogens with zero attached hydrogens (tertiary/aromatic N) is 6. The summed E-state index contributed by atoms with van der Waals surface area (Å²) in [6.07, 6.45) is 3.45. The highest BCUT2D eigenvalue weighted by molar-refractivity contribution is 5.78. The normalized spacial score (nSPS) is 18.5. The van der Waals surface area contributed by atoms with E-state index in [-0.39, 0.29) is 11.6 Å². The largest absolute Gasteiger partial charge is 0.342 e. The Bertz CT molecular complexity index is 887. The second-order valence-corrected chi connectivity index (χ2v) is 7.81. The van der Waals surface area contributed by atoms with Crippen LogP contribution < -0.4 is 0 Å². The van der Waals surface area contributed by atoms with E-state index in [1.54, 1.807) is 12.1 Å². The highest BCUT2D eigenvalue weighted by atomic mass is 16.6. The summed E-state index contributed by atoms with van der Waals surface area (Å²) in [5.74, 6) is 1.07. The molecule has 10 nitrogen and oxygen atoms in total. The maximum atomic E-state index is 12.4.